The lowest BCUT2D eigenvalue weighted by Gasteiger charge is -2.18. The van der Waals surface area contributed by atoms with E-state index >= 15 is 0 Å². The van der Waals surface area contributed by atoms with Crippen LogP contribution >= 0.6 is 11.8 Å². The maximum absolute atomic E-state index is 12.0. The molecule has 1 fully saturated rings. The minimum absolute atomic E-state index is 0.249. The maximum Gasteiger partial charge on any atom is 0.327 e. The van der Waals surface area contributed by atoms with Crippen molar-refractivity contribution < 1.29 is 14.7 Å². The fraction of sp³-hybridized carbons (Fsp3) is 0.286. The fourth-order valence-electron chi connectivity index (χ4n) is 1.90. The molecule has 100 valence electrons. The number of carboxylic acid groups (broad SMARTS) is 1. The third kappa shape index (κ3) is 3.17. The van der Waals surface area contributed by atoms with Crippen molar-refractivity contribution in [2.24, 2.45) is 0 Å². The zero-order chi connectivity index (χ0) is 13.8. The van der Waals surface area contributed by atoms with Gasteiger partial charge in [-0.2, -0.15) is 0 Å². The SMILES string of the molecule is Cc1ccccc1/C=C/C(=O)N1CSC[C@H]1C(=O)O. The van der Waals surface area contributed by atoms with E-state index in [-0.39, 0.29) is 5.91 Å². The average Bonchev–Trinajstić information content (AvgIpc) is 2.87. The van der Waals surface area contributed by atoms with Crippen LogP contribution in [0, 0.1) is 6.92 Å². The van der Waals surface area contributed by atoms with E-state index in [0.717, 1.165) is 11.1 Å². The summed E-state index contributed by atoms with van der Waals surface area (Å²) in [7, 11) is 0. The van der Waals surface area contributed by atoms with Crippen LogP contribution in [0.3, 0.4) is 0 Å². The number of thioether (sulfide) groups is 1. The number of carbonyl (C=O) groups is 2. The minimum Gasteiger partial charge on any atom is -0.480 e. The van der Waals surface area contributed by atoms with Crippen LogP contribution in [-0.4, -0.2) is 39.6 Å². The predicted octanol–water partition coefficient (Wildman–Crippen LogP) is 1.99. The molecule has 0 unspecified atom stereocenters. The zero-order valence-corrected chi connectivity index (χ0v) is 11.4. The van der Waals surface area contributed by atoms with Gasteiger partial charge < -0.3 is 10.0 Å². The molecule has 0 radical (unpaired) electrons. The Bertz CT molecular complexity index is 527. The molecule has 0 aliphatic carbocycles. The second-order valence-electron chi connectivity index (χ2n) is 4.35. The van der Waals surface area contributed by atoms with Crippen LogP contribution in [0.1, 0.15) is 11.1 Å². The van der Waals surface area contributed by atoms with Gasteiger partial charge in [0, 0.05) is 11.8 Å². The Labute approximate surface area is 116 Å². The van der Waals surface area contributed by atoms with E-state index in [0.29, 0.717) is 11.6 Å². The Kier molecular flexibility index (Phi) is 4.27. The number of hydrogen-bond donors (Lipinski definition) is 1. The molecule has 1 aromatic carbocycles. The topological polar surface area (TPSA) is 57.6 Å². The van der Waals surface area contributed by atoms with Crippen LogP contribution in [-0.2, 0) is 9.59 Å². The summed E-state index contributed by atoms with van der Waals surface area (Å²) >= 11 is 1.46. The zero-order valence-electron chi connectivity index (χ0n) is 10.6. The van der Waals surface area contributed by atoms with Crippen LogP contribution in [0.25, 0.3) is 6.08 Å². The average molecular weight is 277 g/mol. The third-order valence-corrected chi connectivity index (χ3v) is 4.06. The number of carboxylic acids is 1. The third-order valence-electron chi connectivity index (χ3n) is 3.04. The largest absolute Gasteiger partial charge is 0.480 e. The Hall–Kier alpha value is -1.75. The van der Waals surface area contributed by atoms with E-state index in [4.69, 9.17) is 5.11 Å². The van der Waals surface area contributed by atoms with Crippen LogP contribution in [0.2, 0.25) is 0 Å². The summed E-state index contributed by atoms with van der Waals surface area (Å²) in [6, 6.07) is 7.02. The highest BCUT2D eigenvalue weighted by Gasteiger charge is 2.33. The molecule has 1 N–H and O–H groups in total. The lowest BCUT2D eigenvalue weighted by Crippen LogP contribution is -2.40. The highest BCUT2D eigenvalue weighted by Crippen LogP contribution is 2.21. The summed E-state index contributed by atoms with van der Waals surface area (Å²) in [5.41, 5.74) is 2.05. The molecule has 0 aromatic heterocycles. The molecule has 1 amide bonds. The highest BCUT2D eigenvalue weighted by molar-refractivity contribution is 7.99. The molecule has 1 heterocycles. The van der Waals surface area contributed by atoms with Crippen LogP contribution in [0.4, 0.5) is 0 Å². The summed E-state index contributed by atoms with van der Waals surface area (Å²) in [5, 5.41) is 9.03. The van der Waals surface area contributed by atoms with Crippen molar-refractivity contribution in [3.05, 3.63) is 41.5 Å². The van der Waals surface area contributed by atoms with Crippen molar-refractivity contribution in [1.29, 1.82) is 0 Å². The molecule has 0 saturated carbocycles. The first-order valence-electron chi connectivity index (χ1n) is 5.94. The van der Waals surface area contributed by atoms with E-state index in [1.807, 2.05) is 31.2 Å². The lowest BCUT2D eigenvalue weighted by atomic mass is 10.1. The first-order chi connectivity index (χ1) is 9.09. The van der Waals surface area contributed by atoms with Crippen molar-refractivity contribution >= 4 is 29.7 Å². The standard InChI is InChI=1S/C14H15NO3S/c1-10-4-2-3-5-11(10)6-7-13(16)15-9-19-8-12(15)14(17)18/h2-7,12H,8-9H2,1H3,(H,17,18)/b7-6+/t12-/m0/s1. The van der Waals surface area contributed by atoms with Gasteiger partial charge in [-0.3, -0.25) is 4.79 Å². The van der Waals surface area contributed by atoms with Gasteiger partial charge in [0.05, 0.1) is 5.88 Å². The summed E-state index contributed by atoms with van der Waals surface area (Å²) in [6.45, 7) is 1.97. The summed E-state index contributed by atoms with van der Waals surface area (Å²) in [4.78, 5) is 24.4. The van der Waals surface area contributed by atoms with Gasteiger partial charge in [0.1, 0.15) is 6.04 Å². The van der Waals surface area contributed by atoms with Gasteiger partial charge in [-0.1, -0.05) is 24.3 Å². The van der Waals surface area contributed by atoms with Crippen molar-refractivity contribution in [2.75, 3.05) is 11.6 Å². The van der Waals surface area contributed by atoms with Crippen LogP contribution in [0.5, 0.6) is 0 Å². The van der Waals surface area contributed by atoms with Gasteiger partial charge >= 0.3 is 5.97 Å². The van der Waals surface area contributed by atoms with Crippen molar-refractivity contribution in [2.45, 2.75) is 13.0 Å². The van der Waals surface area contributed by atoms with Gasteiger partial charge in [0.25, 0.3) is 0 Å². The van der Waals surface area contributed by atoms with Gasteiger partial charge in [-0.05, 0) is 24.1 Å². The number of amides is 1. The van der Waals surface area contributed by atoms with E-state index in [1.54, 1.807) is 6.08 Å². The fourth-order valence-corrected chi connectivity index (χ4v) is 3.05. The summed E-state index contributed by atoms with van der Waals surface area (Å²) in [5.74, 6) is -0.295. The Morgan fingerprint density at radius 3 is 2.84 bits per heavy atom. The maximum atomic E-state index is 12.0. The van der Waals surface area contributed by atoms with E-state index in [9.17, 15) is 9.59 Å². The number of aryl methyl sites for hydroxylation is 1. The number of hydrogen-bond acceptors (Lipinski definition) is 3. The van der Waals surface area contributed by atoms with Crippen LogP contribution < -0.4 is 0 Å². The number of nitrogens with zero attached hydrogens (tertiary/aromatic N) is 1. The van der Waals surface area contributed by atoms with Gasteiger partial charge in [-0.15, -0.1) is 11.8 Å². The number of rotatable bonds is 3. The molecule has 1 aromatic rings. The van der Waals surface area contributed by atoms with Crippen LogP contribution in [0.15, 0.2) is 30.3 Å². The van der Waals surface area contributed by atoms with Crippen molar-refractivity contribution in [3.8, 4) is 0 Å². The molecular formula is C14H15NO3S. The Balaban J connectivity index is 2.09. The molecule has 0 bridgehead atoms. The second-order valence-corrected chi connectivity index (χ2v) is 5.35. The number of benzene rings is 1. The van der Waals surface area contributed by atoms with Gasteiger partial charge in [0.2, 0.25) is 5.91 Å². The minimum atomic E-state index is -0.942. The van der Waals surface area contributed by atoms with Gasteiger partial charge in [0.15, 0.2) is 0 Å². The number of aliphatic carboxylic acids is 1. The van der Waals surface area contributed by atoms with Crippen molar-refractivity contribution in [3.63, 3.8) is 0 Å². The normalized spacial score (nSPS) is 19.0. The molecule has 0 spiro atoms. The smallest absolute Gasteiger partial charge is 0.327 e. The summed E-state index contributed by atoms with van der Waals surface area (Å²) in [6.07, 6.45) is 3.18. The Morgan fingerprint density at radius 1 is 1.42 bits per heavy atom. The first kappa shape index (κ1) is 13.7. The molecule has 4 nitrogen and oxygen atoms in total. The second kappa shape index (κ2) is 5.93. The van der Waals surface area contributed by atoms with Crippen molar-refractivity contribution in [1.82, 2.24) is 4.90 Å². The molecule has 1 saturated heterocycles. The van der Waals surface area contributed by atoms with E-state index < -0.39 is 12.0 Å². The molecular weight excluding hydrogens is 262 g/mol. The summed E-state index contributed by atoms with van der Waals surface area (Å²) < 4.78 is 0. The monoisotopic (exact) mass is 277 g/mol. The molecule has 1 atom stereocenters. The van der Waals surface area contributed by atoms with E-state index in [1.165, 1.54) is 22.7 Å². The first-order valence-corrected chi connectivity index (χ1v) is 7.10. The molecule has 19 heavy (non-hydrogen) atoms. The predicted molar refractivity (Wildman–Crippen MR) is 75.8 cm³/mol. The lowest BCUT2D eigenvalue weighted by molar-refractivity contribution is -0.146. The van der Waals surface area contributed by atoms with Gasteiger partial charge in [-0.25, -0.2) is 4.79 Å². The Morgan fingerprint density at radius 2 is 2.16 bits per heavy atom. The quantitative estimate of drug-likeness (QED) is 0.858. The molecule has 1 aliphatic rings. The van der Waals surface area contributed by atoms with E-state index in [2.05, 4.69) is 0 Å². The molecule has 2 rings (SSSR count). The number of carbonyl (C=O) groups excluding carboxylic acids is 1. The highest BCUT2D eigenvalue weighted by atomic mass is 32.2. The molecule has 1 aliphatic heterocycles. The molecule has 5 heteroatoms.